The summed E-state index contributed by atoms with van der Waals surface area (Å²) < 4.78 is 13.6. The number of ether oxygens (including phenoxy) is 2. The van der Waals surface area contributed by atoms with Gasteiger partial charge in [-0.15, -0.1) is 0 Å². The Bertz CT molecular complexity index is 1030. The van der Waals surface area contributed by atoms with Gasteiger partial charge in [-0.2, -0.15) is 5.10 Å². The molecule has 33 heavy (non-hydrogen) atoms. The van der Waals surface area contributed by atoms with Crippen LogP contribution in [0.3, 0.4) is 0 Å². The Morgan fingerprint density at radius 3 is 2.67 bits per heavy atom. The molecule has 1 atom stereocenters. The molecule has 0 bridgehead atoms. The SMILES string of the molecule is O[C@]1(COc2ccc(Cl)c(Cl)c2)CCCN(Cc2cccc(OCCn3cccn3)c2)CC1. The lowest BCUT2D eigenvalue weighted by Crippen LogP contribution is -2.37. The highest BCUT2D eigenvalue weighted by Gasteiger charge is 2.31. The molecule has 0 amide bonds. The molecule has 4 rings (SSSR count). The first-order chi connectivity index (χ1) is 16.0. The second kappa shape index (κ2) is 11.3. The molecular formula is C25H29Cl2N3O3. The van der Waals surface area contributed by atoms with E-state index in [2.05, 4.69) is 22.1 Å². The Morgan fingerprint density at radius 1 is 0.970 bits per heavy atom. The van der Waals surface area contributed by atoms with Gasteiger partial charge < -0.3 is 14.6 Å². The molecule has 1 aromatic heterocycles. The zero-order valence-corrected chi connectivity index (χ0v) is 20.0. The topological polar surface area (TPSA) is 59.8 Å². The lowest BCUT2D eigenvalue weighted by Gasteiger charge is -2.27. The third kappa shape index (κ3) is 7.11. The van der Waals surface area contributed by atoms with E-state index < -0.39 is 5.60 Å². The number of hydrogen-bond donors (Lipinski definition) is 1. The van der Waals surface area contributed by atoms with Crippen molar-refractivity contribution in [2.45, 2.75) is 38.0 Å². The van der Waals surface area contributed by atoms with Crippen LogP contribution in [0.15, 0.2) is 60.9 Å². The van der Waals surface area contributed by atoms with Gasteiger partial charge in [-0.05, 0) is 61.7 Å². The summed E-state index contributed by atoms with van der Waals surface area (Å²) in [6, 6.07) is 15.3. The molecule has 0 aliphatic carbocycles. The molecule has 176 valence electrons. The second-order valence-corrected chi connectivity index (χ2v) is 9.30. The lowest BCUT2D eigenvalue weighted by molar-refractivity contribution is -0.0168. The van der Waals surface area contributed by atoms with E-state index in [1.54, 1.807) is 24.4 Å². The van der Waals surface area contributed by atoms with E-state index in [-0.39, 0.29) is 6.61 Å². The molecule has 0 saturated carbocycles. The lowest BCUT2D eigenvalue weighted by atomic mass is 9.96. The minimum atomic E-state index is -0.863. The third-order valence-electron chi connectivity index (χ3n) is 5.86. The van der Waals surface area contributed by atoms with Crippen molar-refractivity contribution in [3.63, 3.8) is 0 Å². The Balaban J connectivity index is 1.26. The minimum absolute atomic E-state index is 0.235. The highest BCUT2D eigenvalue weighted by Crippen LogP contribution is 2.29. The number of hydrogen-bond acceptors (Lipinski definition) is 5. The Kier molecular flexibility index (Phi) is 8.15. The van der Waals surface area contributed by atoms with Crippen LogP contribution in [0.1, 0.15) is 24.8 Å². The van der Waals surface area contributed by atoms with Crippen LogP contribution in [0, 0.1) is 0 Å². The van der Waals surface area contributed by atoms with Gasteiger partial charge in [0.25, 0.3) is 0 Å². The normalized spacial score (nSPS) is 19.2. The predicted octanol–water partition coefficient (Wildman–Crippen LogP) is 5.06. The van der Waals surface area contributed by atoms with Crippen LogP contribution in [-0.4, -0.2) is 51.7 Å². The zero-order chi connectivity index (χ0) is 23.1. The van der Waals surface area contributed by atoms with E-state index in [0.717, 1.165) is 31.8 Å². The highest BCUT2D eigenvalue weighted by molar-refractivity contribution is 6.42. The number of aliphatic hydroxyl groups is 1. The summed E-state index contributed by atoms with van der Waals surface area (Å²) in [5.41, 5.74) is 0.335. The van der Waals surface area contributed by atoms with Gasteiger partial charge in [0.05, 0.1) is 22.2 Å². The first kappa shape index (κ1) is 23.9. The molecule has 1 aliphatic heterocycles. The van der Waals surface area contributed by atoms with Crippen LogP contribution in [-0.2, 0) is 13.1 Å². The Hall–Kier alpha value is -2.25. The summed E-state index contributed by atoms with van der Waals surface area (Å²) in [5.74, 6) is 1.48. The number of nitrogens with zero attached hydrogens (tertiary/aromatic N) is 3. The Morgan fingerprint density at radius 2 is 1.85 bits per heavy atom. The van der Waals surface area contributed by atoms with Gasteiger partial charge in [0.15, 0.2) is 0 Å². The number of aromatic nitrogens is 2. The van der Waals surface area contributed by atoms with Crippen LogP contribution in [0.5, 0.6) is 11.5 Å². The van der Waals surface area contributed by atoms with Crippen molar-refractivity contribution in [1.29, 1.82) is 0 Å². The maximum atomic E-state index is 11.1. The predicted molar refractivity (Wildman–Crippen MR) is 130 cm³/mol. The van der Waals surface area contributed by atoms with E-state index in [9.17, 15) is 5.11 Å². The van der Waals surface area contributed by atoms with Crippen LogP contribution >= 0.6 is 23.2 Å². The van der Waals surface area contributed by atoms with Crippen LogP contribution in [0.25, 0.3) is 0 Å². The van der Waals surface area contributed by atoms with Gasteiger partial charge >= 0.3 is 0 Å². The van der Waals surface area contributed by atoms with E-state index in [4.69, 9.17) is 32.7 Å². The highest BCUT2D eigenvalue weighted by atomic mass is 35.5. The summed E-state index contributed by atoms with van der Waals surface area (Å²) in [6.07, 6.45) is 5.94. The van der Waals surface area contributed by atoms with E-state index >= 15 is 0 Å². The average molecular weight is 490 g/mol. The fraction of sp³-hybridized carbons (Fsp3) is 0.400. The van der Waals surface area contributed by atoms with Gasteiger partial charge in [-0.1, -0.05) is 35.3 Å². The van der Waals surface area contributed by atoms with Crippen molar-refractivity contribution < 1.29 is 14.6 Å². The van der Waals surface area contributed by atoms with E-state index in [1.165, 1.54) is 5.56 Å². The van der Waals surface area contributed by atoms with Crippen molar-refractivity contribution in [1.82, 2.24) is 14.7 Å². The molecule has 0 radical (unpaired) electrons. The maximum Gasteiger partial charge on any atom is 0.121 e. The first-order valence-corrected chi connectivity index (χ1v) is 12.0. The molecule has 2 heterocycles. The molecule has 8 heteroatoms. The summed E-state index contributed by atoms with van der Waals surface area (Å²) in [5, 5.41) is 16.2. The van der Waals surface area contributed by atoms with E-state index in [0.29, 0.717) is 41.8 Å². The van der Waals surface area contributed by atoms with Crippen LogP contribution < -0.4 is 9.47 Å². The summed E-state index contributed by atoms with van der Waals surface area (Å²) in [4.78, 5) is 2.37. The Labute approximate surface area is 204 Å². The number of rotatable bonds is 9. The molecule has 0 unspecified atom stereocenters. The van der Waals surface area contributed by atoms with Crippen molar-refractivity contribution in [2.75, 3.05) is 26.3 Å². The quantitative estimate of drug-likeness (QED) is 0.454. The van der Waals surface area contributed by atoms with Crippen LogP contribution in [0.2, 0.25) is 10.0 Å². The average Bonchev–Trinajstić information content (AvgIpc) is 3.25. The molecule has 1 N–H and O–H groups in total. The van der Waals surface area contributed by atoms with Gasteiger partial charge in [0, 0.05) is 31.5 Å². The first-order valence-electron chi connectivity index (χ1n) is 11.2. The zero-order valence-electron chi connectivity index (χ0n) is 18.5. The van der Waals surface area contributed by atoms with Crippen LogP contribution in [0.4, 0.5) is 0 Å². The summed E-state index contributed by atoms with van der Waals surface area (Å²) >= 11 is 12.0. The smallest absolute Gasteiger partial charge is 0.121 e. The fourth-order valence-corrected chi connectivity index (χ4v) is 4.29. The molecule has 1 aliphatic rings. The largest absolute Gasteiger partial charge is 0.492 e. The third-order valence-corrected chi connectivity index (χ3v) is 6.60. The number of likely N-dealkylation sites (tertiary alicyclic amines) is 1. The van der Waals surface area contributed by atoms with Crippen molar-refractivity contribution in [2.24, 2.45) is 0 Å². The maximum absolute atomic E-state index is 11.1. The minimum Gasteiger partial charge on any atom is -0.492 e. The molecule has 2 aromatic carbocycles. The van der Waals surface area contributed by atoms with Crippen molar-refractivity contribution in [3.8, 4) is 11.5 Å². The number of benzene rings is 2. The second-order valence-electron chi connectivity index (χ2n) is 8.48. The standard InChI is InChI=1S/C25H29Cl2N3O3/c26-23-7-6-22(17-24(23)27)33-19-25(31)8-2-11-29(13-9-25)18-20-4-1-5-21(16-20)32-15-14-30-12-3-10-28-30/h1,3-7,10,12,16-17,31H,2,8-9,11,13-15,18-19H2/t25-/m1/s1. The molecule has 0 spiro atoms. The molecule has 6 nitrogen and oxygen atoms in total. The van der Waals surface area contributed by atoms with Gasteiger partial charge in [-0.25, -0.2) is 0 Å². The van der Waals surface area contributed by atoms with Crippen molar-refractivity contribution in [3.05, 3.63) is 76.5 Å². The molecule has 1 saturated heterocycles. The summed E-state index contributed by atoms with van der Waals surface area (Å²) in [6.45, 7) is 4.07. The van der Waals surface area contributed by atoms with E-state index in [1.807, 2.05) is 29.1 Å². The van der Waals surface area contributed by atoms with Gasteiger partial charge in [0.2, 0.25) is 0 Å². The summed E-state index contributed by atoms with van der Waals surface area (Å²) in [7, 11) is 0. The van der Waals surface area contributed by atoms with Gasteiger partial charge in [0.1, 0.15) is 24.7 Å². The molecule has 3 aromatic rings. The molecule has 1 fully saturated rings. The number of halogens is 2. The molecular weight excluding hydrogens is 461 g/mol. The fourth-order valence-electron chi connectivity index (χ4n) is 4.00. The van der Waals surface area contributed by atoms with Gasteiger partial charge in [-0.3, -0.25) is 9.58 Å². The van der Waals surface area contributed by atoms with Crippen molar-refractivity contribution >= 4 is 23.2 Å². The monoisotopic (exact) mass is 489 g/mol.